The minimum absolute atomic E-state index is 0.163. The monoisotopic (exact) mass is 325 g/mol. The van der Waals surface area contributed by atoms with Crippen LogP contribution in [0.2, 0.25) is 0 Å². The van der Waals surface area contributed by atoms with Gasteiger partial charge in [0.05, 0.1) is 10.2 Å². The van der Waals surface area contributed by atoms with E-state index in [4.69, 9.17) is 0 Å². The molecule has 0 bridgehead atoms. The maximum absolute atomic E-state index is 13.9. The Bertz CT molecular complexity index is 929. The fourth-order valence-corrected chi connectivity index (χ4v) is 4.58. The van der Waals surface area contributed by atoms with Gasteiger partial charge in [0.25, 0.3) is 0 Å². The number of halogens is 1. The molecule has 1 nitrogen and oxygen atoms in total. The van der Waals surface area contributed by atoms with E-state index in [0.717, 1.165) is 26.6 Å². The van der Waals surface area contributed by atoms with Gasteiger partial charge in [-0.05, 0) is 29.1 Å². The third kappa shape index (κ3) is 2.49. The maximum atomic E-state index is 13.9. The van der Waals surface area contributed by atoms with Crippen molar-refractivity contribution in [3.8, 4) is 0 Å². The number of thiazole rings is 1. The summed E-state index contributed by atoms with van der Waals surface area (Å²) >= 11 is 3.41. The van der Waals surface area contributed by atoms with Crippen LogP contribution < -0.4 is 0 Å². The summed E-state index contributed by atoms with van der Waals surface area (Å²) in [5.41, 5.74) is 2.18. The van der Waals surface area contributed by atoms with Gasteiger partial charge in [-0.3, -0.25) is 0 Å². The van der Waals surface area contributed by atoms with E-state index in [-0.39, 0.29) is 5.82 Å². The van der Waals surface area contributed by atoms with Gasteiger partial charge in [0, 0.05) is 11.1 Å². The van der Waals surface area contributed by atoms with Crippen LogP contribution in [0.3, 0.4) is 0 Å². The minimum atomic E-state index is -0.163. The van der Waals surface area contributed by atoms with Crippen molar-refractivity contribution in [2.24, 2.45) is 0 Å². The zero-order valence-corrected chi connectivity index (χ0v) is 13.3. The normalized spacial score (nSPS) is 11.3. The van der Waals surface area contributed by atoms with Gasteiger partial charge in [-0.25, -0.2) is 9.37 Å². The van der Waals surface area contributed by atoms with Crippen molar-refractivity contribution in [3.63, 3.8) is 0 Å². The third-order valence-corrected chi connectivity index (χ3v) is 5.81. The van der Waals surface area contributed by atoms with Crippen molar-refractivity contribution in [2.75, 3.05) is 0 Å². The molecule has 4 aromatic rings. The number of para-hydroxylation sites is 1. The summed E-state index contributed by atoms with van der Waals surface area (Å²) in [4.78, 5) is 4.63. The molecule has 0 saturated heterocycles. The molecule has 0 N–H and O–H groups in total. The Morgan fingerprint density at radius 3 is 2.55 bits per heavy atom. The molecule has 4 rings (SSSR count). The Morgan fingerprint density at radius 2 is 1.68 bits per heavy atom. The van der Waals surface area contributed by atoms with Gasteiger partial charge >= 0.3 is 0 Å². The van der Waals surface area contributed by atoms with E-state index in [1.165, 1.54) is 4.70 Å². The average Bonchev–Trinajstić information content (AvgIpc) is 2.97. The van der Waals surface area contributed by atoms with Crippen LogP contribution in [0.4, 0.5) is 4.39 Å². The Balaban J connectivity index is 1.65. The molecule has 0 atom stereocenters. The SMILES string of the molecule is Fc1ccc(CSc2nc3ccccc3s2)c2ccccc12. The van der Waals surface area contributed by atoms with E-state index >= 15 is 0 Å². The van der Waals surface area contributed by atoms with Gasteiger partial charge in [0.15, 0.2) is 4.34 Å². The van der Waals surface area contributed by atoms with Crippen molar-refractivity contribution >= 4 is 44.1 Å². The van der Waals surface area contributed by atoms with Crippen LogP contribution in [0, 0.1) is 5.82 Å². The number of benzene rings is 3. The fourth-order valence-electron chi connectivity index (χ4n) is 2.50. The summed E-state index contributed by atoms with van der Waals surface area (Å²) < 4.78 is 16.1. The van der Waals surface area contributed by atoms with Gasteiger partial charge in [-0.15, -0.1) is 11.3 Å². The topological polar surface area (TPSA) is 12.9 Å². The van der Waals surface area contributed by atoms with Gasteiger partial charge in [0.2, 0.25) is 0 Å². The molecular formula is C18H12FNS2. The van der Waals surface area contributed by atoms with Crippen LogP contribution in [0.25, 0.3) is 21.0 Å². The molecule has 4 heteroatoms. The van der Waals surface area contributed by atoms with Crippen LogP contribution in [-0.2, 0) is 5.75 Å². The first-order chi connectivity index (χ1) is 10.8. The number of nitrogens with zero attached hydrogens (tertiary/aromatic N) is 1. The quantitative estimate of drug-likeness (QED) is 0.436. The number of thioether (sulfide) groups is 1. The highest BCUT2D eigenvalue weighted by atomic mass is 32.2. The summed E-state index contributed by atoms with van der Waals surface area (Å²) in [6, 6.07) is 19.2. The molecule has 0 unspecified atom stereocenters. The van der Waals surface area contributed by atoms with E-state index in [2.05, 4.69) is 11.1 Å². The summed E-state index contributed by atoms with van der Waals surface area (Å²) in [6.45, 7) is 0. The summed E-state index contributed by atoms with van der Waals surface area (Å²) in [7, 11) is 0. The molecule has 0 aliphatic rings. The van der Waals surface area contributed by atoms with E-state index < -0.39 is 0 Å². The first-order valence-corrected chi connectivity index (χ1v) is 8.76. The molecule has 0 aliphatic heterocycles. The number of rotatable bonds is 3. The van der Waals surface area contributed by atoms with Crippen LogP contribution >= 0.6 is 23.1 Å². The van der Waals surface area contributed by atoms with Crippen molar-refractivity contribution in [1.29, 1.82) is 0 Å². The number of fused-ring (bicyclic) bond motifs is 2. The Hall–Kier alpha value is -1.91. The molecule has 22 heavy (non-hydrogen) atoms. The smallest absolute Gasteiger partial charge is 0.151 e. The predicted molar refractivity (Wildman–Crippen MR) is 93.1 cm³/mol. The lowest BCUT2D eigenvalue weighted by Gasteiger charge is -2.06. The summed E-state index contributed by atoms with van der Waals surface area (Å²) in [5.74, 6) is 0.630. The maximum Gasteiger partial charge on any atom is 0.151 e. The van der Waals surface area contributed by atoms with E-state index in [9.17, 15) is 4.39 Å². The lowest BCUT2D eigenvalue weighted by atomic mass is 10.1. The molecule has 0 spiro atoms. The number of hydrogen-bond acceptors (Lipinski definition) is 3. The highest BCUT2D eigenvalue weighted by molar-refractivity contribution is 8.00. The van der Waals surface area contributed by atoms with E-state index in [1.54, 1.807) is 29.2 Å². The van der Waals surface area contributed by atoms with Gasteiger partial charge in [-0.1, -0.05) is 54.2 Å². The highest BCUT2D eigenvalue weighted by Gasteiger charge is 2.08. The summed E-state index contributed by atoms with van der Waals surface area (Å²) in [6.07, 6.45) is 0. The second-order valence-electron chi connectivity index (χ2n) is 4.99. The molecule has 0 radical (unpaired) electrons. The van der Waals surface area contributed by atoms with Gasteiger partial charge < -0.3 is 0 Å². The molecule has 0 fully saturated rings. The predicted octanol–water partition coefficient (Wildman–Crippen LogP) is 5.88. The first-order valence-electron chi connectivity index (χ1n) is 6.96. The Labute approximate surface area is 135 Å². The lowest BCUT2D eigenvalue weighted by molar-refractivity contribution is 0.639. The standard InChI is InChI=1S/C18H12FNS2/c19-15-10-9-12(13-5-1-2-6-14(13)15)11-21-18-20-16-7-3-4-8-17(16)22-18/h1-10H,11H2. The molecule has 1 aromatic heterocycles. The van der Waals surface area contributed by atoms with Crippen LogP contribution in [-0.4, -0.2) is 4.98 Å². The zero-order chi connectivity index (χ0) is 14.9. The molecule has 0 saturated carbocycles. The third-order valence-electron chi connectivity index (χ3n) is 3.59. The molecule has 1 heterocycles. The highest BCUT2D eigenvalue weighted by Crippen LogP contribution is 2.33. The molecule has 0 aliphatic carbocycles. The van der Waals surface area contributed by atoms with Crippen molar-refractivity contribution in [2.45, 2.75) is 10.1 Å². The largest absolute Gasteiger partial charge is 0.230 e. The van der Waals surface area contributed by atoms with Crippen molar-refractivity contribution in [3.05, 3.63) is 72.0 Å². The summed E-state index contributed by atoms with van der Waals surface area (Å²) in [5, 5.41) is 1.67. The second-order valence-corrected chi connectivity index (χ2v) is 7.24. The van der Waals surface area contributed by atoms with Gasteiger partial charge in [0.1, 0.15) is 5.82 Å². The van der Waals surface area contributed by atoms with E-state index in [0.29, 0.717) is 5.39 Å². The molecule has 3 aromatic carbocycles. The first kappa shape index (κ1) is 13.7. The van der Waals surface area contributed by atoms with Crippen LogP contribution in [0.5, 0.6) is 0 Å². The number of aromatic nitrogens is 1. The lowest BCUT2D eigenvalue weighted by Crippen LogP contribution is -1.87. The van der Waals surface area contributed by atoms with Crippen LogP contribution in [0.15, 0.2) is 65.0 Å². The number of hydrogen-bond donors (Lipinski definition) is 0. The van der Waals surface area contributed by atoms with Crippen molar-refractivity contribution in [1.82, 2.24) is 4.98 Å². The van der Waals surface area contributed by atoms with Crippen LogP contribution in [0.1, 0.15) is 5.56 Å². The Kier molecular flexibility index (Phi) is 3.56. The minimum Gasteiger partial charge on any atom is -0.230 e. The molecule has 108 valence electrons. The average molecular weight is 325 g/mol. The Morgan fingerprint density at radius 1 is 0.909 bits per heavy atom. The van der Waals surface area contributed by atoms with Crippen molar-refractivity contribution < 1.29 is 4.39 Å². The second kappa shape index (κ2) is 5.71. The molecule has 0 amide bonds. The molecular weight excluding hydrogens is 313 g/mol. The zero-order valence-electron chi connectivity index (χ0n) is 11.6. The fraction of sp³-hybridized carbons (Fsp3) is 0.0556. The van der Waals surface area contributed by atoms with Gasteiger partial charge in [-0.2, -0.15) is 0 Å². The van der Waals surface area contributed by atoms with E-state index in [1.807, 2.05) is 48.5 Å².